The highest BCUT2D eigenvalue weighted by molar-refractivity contribution is 6.24. The van der Waals surface area contributed by atoms with E-state index in [4.69, 9.17) is 0 Å². The summed E-state index contributed by atoms with van der Waals surface area (Å²) in [6.45, 7) is 6.74. The van der Waals surface area contributed by atoms with Gasteiger partial charge < -0.3 is 0 Å². The summed E-state index contributed by atoms with van der Waals surface area (Å²) in [5.41, 5.74) is 4.48. The summed E-state index contributed by atoms with van der Waals surface area (Å²) >= 11 is 0. The fourth-order valence-corrected chi connectivity index (χ4v) is 5.52. The van der Waals surface area contributed by atoms with Gasteiger partial charge in [-0.1, -0.05) is 35.9 Å². The number of Topliss-reactive ketones (excluding diaryl/α,β-unsaturated/α-hetero) is 1. The number of hydrogen-bond acceptors (Lipinski definition) is 4. The number of aryl methyl sites for hydroxylation is 3. The molecule has 5 rings (SSSR count). The SMILES string of the molecule is Cc1ccc(C(=O)C2C3C(=O)N(c4ccc(C)c(C)c4)C(=O)C3C3CCCN32)cc1. The topological polar surface area (TPSA) is 57.7 Å². The number of hydrogen-bond donors (Lipinski definition) is 0. The van der Waals surface area contributed by atoms with Crippen molar-refractivity contribution >= 4 is 23.3 Å². The van der Waals surface area contributed by atoms with Crippen molar-refractivity contribution < 1.29 is 14.4 Å². The zero-order chi connectivity index (χ0) is 21.2. The Morgan fingerprint density at radius 2 is 1.60 bits per heavy atom. The van der Waals surface area contributed by atoms with Gasteiger partial charge in [0.25, 0.3) is 0 Å². The monoisotopic (exact) mass is 402 g/mol. The molecule has 0 N–H and O–H groups in total. The van der Waals surface area contributed by atoms with Crippen molar-refractivity contribution in [3.63, 3.8) is 0 Å². The normalized spacial score (nSPS) is 28.2. The largest absolute Gasteiger partial charge is 0.292 e. The maximum Gasteiger partial charge on any atom is 0.239 e. The number of nitrogens with zero attached hydrogens (tertiary/aromatic N) is 2. The Balaban J connectivity index is 1.55. The minimum absolute atomic E-state index is 0.0256. The molecule has 3 fully saturated rings. The van der Waals surface area contributed by atoms with E-state index in [1.165, 1.54) is 4.90 Å². The second kappa shape index (κ2) is 6.88. The Labute approximate surface area is 176 Å². The van der Waals surface area contributed by atoms with Crippen LogP contribution in [0.5, 0.6) is 0 Å². The van der Waals surface area contributed by atoms with E-state index in [2.05, 4.69) is 4.90 Å². The lowest BCUT2D eigenvalue weighted by Crippen LogP contribution is -2.46. The number of benzene rings is 2. The standard InChI is InChI=1S/C25H26N2O3/c1-14-6-9-17(10-7-14)23(28)22-21-20(19-5-4-12-26(19)22)24(29)27(25(21)30)18-11-8-15(2)16(3)13-18/h6-11,13,19-22H,4-5,12H2,1-3H3. The first-order valence-corrected chi connectivity index (χ1v) is 10.7. The number of imide groups is 1. The minimum atomic E-state index is -0.599. The Morgan fingerprint density at radius 1 is 0.900 bits per heavy atom. The van der Waals surface area contributed by atoms with E-state index in [-0.39, 0.29) is 23.6 Å². The Hall–Kier alpha value is -2.79. The molecular formula is C25H26N2O3. The zero-order valence-electron chi connectivity index (χ0n) is 17.6. The van der Waals surface area contributed by atoms with E-state index in [0.717, 1.165) is 36.1 Å². The summed E-state index contributed by atoms with van der Waals surface area (Å²) in [6, 6.07) is 12.6. The van der Waals surface area contributed by atoms with Crippen molar-refractivity contribution in [2.24, 2.45) is 11.8 Å². The second-order valence-corrected chi connectivity index (χ2v) is 8.95. The van der Waals surface area contributed by atoms with Crippen LogP contribution in [0.4, 0.5) is 5.69 Å². The molecule has 5 heteroatoms. The van der Waals surface area contributed by atoms with E-state index < -0.39 is 17.9 Å². The Bertz CT molecular complexity index is 1060. The fraction of sp³-hybridized carbons (Fsp3) is 0.400. The lowest BCUT2D eigenvalue weighted by molar-refractivity contribution is -0.123. The lowest BCUT2D eigenvalue weighted by Gasteiger charge is -2.27. The molecule has 0 bridgehead atoms. The van der Waals surface area contributed by atoms with Gasteiger partial charge in [0.15, 0.2) is 5.78 Å². The zero-order valence-corrected chi connectivity index (χ0v) is 17.6. The molecule has 2 aromatic rings. The van der Waals surface area contributed by atoms with Crippen LogP contribution in [0.1, 0.15) is 39.9 Å². The Kier molecular flexibility index (Phi) is 4.40. The van der Waals surface area contributed by atoms with Gasteiger partial charge in [-0.2, -0.15) is 0 Å². The van der Waals surface area contributed by atoms with Gasteiger partial charge in [-0.3, -0.25) is 19.3 Å². The fourth-order valence-electron chi connectivity index (χ4n) is 5.52. The average molecular weight is 402 g/mol. The highest BCUT2D eigenvalue weighted by atomic mass is 16.2. The molecule has 0 spiro atoms. The number of ketones is 1. The molecule has 0 aliphatic carbocycles. The first-order valence-electron chi connectivity index (χ1n) is 10.7. The molecule has 3 aliphatic heterocycles. The molecule has 30 heavy (non-hydrogen) atoms. The molecule has 0 aromatic heterocycles. The van der Waals surface area contributed by atoms with E-state index in [0.29, 0.717) is 11.3 Å². The molecule has 2 aromatic carbocycles. The first kappa shape index (κ1) is 19.2. The number of anilines is 1. The van der Waals surface area contributed by atoms with E-state index in [9.17, 15) is 14.4 Å². The maximum atomic E-state index is 13.6. The van der Waals surface area contributed by atoms with E-state index in [1.54, 1.807) is 0 Å². The van der Waals surface area contributed by atoms with E-state index >= 15 is 0 Å². The lowest BCUT2D eigenvalue weighted by atomic mass is 9.85. The van der Waals surface area contributed by atoms with Crippen LogP contribution in [-0.2, 0) is 9.59 Å². The quantitative estimate of drug-likeness (QED) is 0.583. The van der Waals surface area contributed by atoms with Crippen molar-refractivity contribution in [3.05, 3.63) is 64.7 Å². The van der Waals surface area contributed by atoms with Crippen LogP contribution in [0.3, 0.4) is 0 Å². The maximum absolute atomic E-state index is 13.6. The summed E-state index contributed by atoms with van der Waals surface area (Å²) in [5, 5.41) is 0. The molecule has 0 saturated carbocycles. The van der Waals surface area contributed by atoms with Crippen LogP contribution in [-0.4, -0.2) is 41.1 Å². The summed E-state index contributed by atoms with van der Waals surface area (Å²) in [6.07, 6.45) is 1.81. The van der Waals surface area contributed by atoms with Crippen LogP contribution in [0.15, 0.2) is 42.5 Å². The number of fused-ring (bicyclic) bond motifs is 3. The third-order valence-electron chi connectivity index (χ3n) is 7.21. The van der Waals surface area contributed by atoms with Crippen molar-refractivity contribution in [2.75, 3.05) is 11.4 Å². The van der Waals surface area contributed by atoms with Crippen LogP contribution in [0.2, 0.25) is 0 Å². The van der Waals surface area contributed by atoms with Crippen molar-refractivity contribution in [2.45, 2.75) is 45.7 Å². The van der Waals surface area contributed by atoms with Gasteiger partial charge in [-0.25, -0.2) is 4.90 Å². The summed E-state index contributed by atoms with van der Waals surface area (Å²) in [4.78, 5) is 44.0. The van der Waals surface area contributed by atoms with Crippen LogP contribution < -0.4 is 4.90 Å². The van der Waals surface area contributed by atoms with Crippen LogP contribution in [0, 0.1) is 32.6 Å². The first-order chi connectivity index (χ1) is 14.4. The molecule has 3 aliphatic rings. The predicted octanol–water partition coefficient (Wildman–Crippen LogP) is 3.45. The van der Waals surface area contributed by atoms with Crippen molar-refractivity contribution in [1.82, 2.24) is 4.90 Å². The third-order valence-corrected chi connectivity index (χ3v) is 7.21. The van der Waals surface area contributed by atoms with Gasteiger partial charge >= 0.3 is 0 Å². The van der Waals surface area contributed by atoms with Crippen LogP contribution in [0.25, 0.3) is 0 Å². The van der Waals surface area contributed by atoms with Gasteiger partial charge in [-0.15, -0.1) is 0 Å². The number of amides is 2. The van der Waals surface area contributed by atoms with Gasteiger partial charge in [0.1, 0.15) is 0 Å². The summed E-state index contributed by atoms with van der Waals surface area (Å²) in [7, 11) is 0. The highest BCUT2D eigenvalue weighted by Gasteiger charge is 2.64. The minimum Gasteiger partial charge on any atom is -0.292 e. The second-order valence-electron chi connectivity index (χ2n) is 8.95. The number of rotatable bonds is 3. The van der Waals surface area contributed by atoms with Crippen LogP contribution >= 0.6 is 0 Å². The molecule has 2 amide bonds. The molecule has 3 saturated heterocycles. The molecule has 4 atom stereocenters. The van der Waals surface area contributed by atoms with Gasteiger partial charge in [0.2, 0.25) is 11.8 Å². The molecule has 154 valence electrons. The van der Waals surface area contributed by atoms with Gasteiger partial charge in [0, 0.05) is 11.6 Å². The Morgan fingerprint density at radius 3 is 2.30 bits per heavy atom. The highest BCUT2D eigenvalue weighted by Crippen LogP contribution is 2.48. The summed E-state index contributed by atoms with van der Waals surface area (Å²) in [5.74, 6) is -1.45. The number of carbonyl (C=O) groups is 3. The van der Waals surface area contributed by atoms with Gasteiger partial charge in [-0.05, 0) is 63.4 Å². The molecule has 3 heterocycles. The molecule has 0 radical (unpaired) electrons. The van der Waals surface area contributed by atoms with E-state index in [1.807, 2.05) is 63.2 Å². The molecular weight excluding hydrogens is 376 g/mol. The predicted molar refractivity (Wildman–Crippen MR) is 114 cm³/mol. The smallest absolute Gasteiger partial charge is 0.239 e. The van der Waals surface area contributed by atoms with Gasteiger partial charge in [0.05, 0.1) is 23.6 Å². The third kappa shape index (κ3) is 2.68. The van der Waals surface area contributed by atoms with Crippen molar-refractivity contribution in [1.29, 1.82) is 0 Å². The number of carbonyl (C=O) groups excluding carboxylic acids is 3. The van der Waals surface area contributed by atoms with Crippen molar-refractivity contribution in [3.8, 4) is 0 Å². The molecule has 5 nitrogen and oxygen atoms in total. The average Bonchev–Trinajstić information content (AvgIpc) is 3.36. The summed E-state index contributed by atoms with van der Waals surface area (Å²) < 4.78 is 0. The molecule has 4 unspecified atom stereocenters.